The van der Waals surface area contributed by atoms with Gasteiger partial charge < -0.3 is 9.64 Å². The zero-order chi connectivity index (χ0) is 18.7. The van der Waals surface area contributed by atoms with E-state index in [9.17, 15) is 18.0 Å². The van der Waals surface area contributed by atoms with Gasteiger partial charge in [0.1, 0.15) is 7.85 Å². The molecule has 1 aromatic carbocycles. The molecule has 0 saturated heterocycles. The number of hydrogen-bond donors (Lipinski definition) is 0. The number of aromatic nitrogens is 2. The fraction of sp³-hybridized carbons (Fsp3) is 0.353. The highest BCUT2D eigenvalue weighted by molar-refractivity contribution is 6.08. The van der Waals surface area contributed by atoms with Crippen molar-refractivity contribution in [3.63, 3.8) is 0 Å². The van der Waals surface area contributed by atoms with Crippen molar-refractivity contribution in [1.82, 2.24) is 15.1 Å². The van der Waals surface area contributed by atoms with E-state index in [0.717, 1.165) is 21.6 Å². The number of benzene rings is 1. The molecule has 0 saturated carbocycles. The number of halogens is 3. The molecular weight excluding hydrogens is 346 g/mol. The van der Waals surface area contributed by atoms with E-state index in [1.807, 2.05) is 18.2 Å². The maximum Gasteiger partial charge on any atom is 0.471 e. The van der Waals surface area contributed by atoms with E-state index in [2.05, 4.69) is 10.2 Å². The summed E-state index contributed by atoms with van der Waals surface area (Å²) in [6, 6.07) is 8.95. The summed E-state index contributed by atoms with van der Waals surface area (Å²) in [7, 11) is 5.27. The van der Waals surface area contributed by atoms with E-state index in [1.54, 1.807) is 12.1 Å². The Morgan fingerprint density at radius 2 is 1.85 bits per heavy atom. The fourth-order valence-corrected chi connectivity index (χ4v) is 2.90. The lowest BCUT2D eigenvalue weighted by atomic mass is 9.99. The van der Waals surface area contributed by atoms with Crippen LogP contribution in [0.25, 0.3) is 11.3 Å². The van der Waals surface area contributed by atoms with Crippen molar-refractivity contribution in [2.75, 3.05) is 19.6 Å². The first-order chi connectivity index (χ1) is 12.4. The number of rotatable bonds is 3. The second-order valence-corrected chi connectivity index (χ2v) is 5.84. The first-order valence-corrected chi connectivity index (χ1v) is 8.03. The van der Waals surface area contributed by atoms with Gasteiger partial charge in [0.05, 0.1) is 5.69 Å². The normalized spacial score (nSPS) is 14.5. The standard InChI is InChI=1S/C17H15BF3N3O2/c18-10-26-15-4-3-14(22-23-15)13-2-1-11-5-7-24(8-6-12(11)9-13)16(25)17(19,20)21/h1-4,9H,5-8,10H2. The van der Waals surface area contributed by atoms with Gasteiger partial charge in [0, 0.05) is 31.2 Å². The number of hydrogen-bond acceptors (Lipinski definition) is 4. The van der Waals surface area contributed by atoms with Gasteiger partial charge in [-0.15, -0.1) is 10.2 Å². The number of fused-ring (bicyclic) bond motifs is 1. The molecule has 5 nitrogen and oxygen atoms in total. The van der Waals surface area contributed by atoms with Gasteiger partial charge in [-0.1, -0.05) is 12.1 Å². The van der Waals surface area contributed by atoms with Crippen LogP contribution in [-0.4, -0.2) is 54.6 Å². The third-order valence-corrected chi connectivity index (χ3v) is 4.21. The van der Waals surface area contributed by atoms with Crippen LogP contribution in [0, 0.1) is 0 Å². The molecule has 0 N–H and O–H groups in total. The lowest BCUT2D eigenvalue weighted by Crippen LogP contribution is -2.42. The minimum atomic E-state index is -4.84. The third-order valence-electron chi connectivity index (χ3n) is 4.21. The monoisotopic (exact) mass is 361 g/mol. The molecule has 0 spiro atoms. The maximum atomic E-state index is 12.6. The maximum absolute atomic E-state index is 12.6. The number of carbonyl (C=O) groups excluding carboxylic acids is 1. The summed E-state index contributed by atoms with van der Waals surface area (Å²) in [5.41, 5.74) is 3.25. The fourth-order valence-electron chi connectivity index (χ4n) is 2.90. The Balaban J connectivity index is 1.78. The molecule has 0 unspecified atom stereocenters. The molecule has 0 aliphatic carbocycles. The molecule has 1 aliphatic heterocycles. The van der Waals surface area contributed by atoms with Crippen LogP contribution in [0.2, 0.25) is 0 Å². The lowest BCUT2D eigenvalue weighted by Gasteiger charge is -2.21. The van der Waals surface area contributed by atoms with Crippen LogP contribution in [0.4, 0.5) is 13.2 Å². The molecule has 2 heterocycles. The molecule has 1 aliphatic rings. The van der Waals surface area contributed by atoms with E-state index in [0.29, 0.717) is 24.4 Å². The minimum Gasteiger partial charge on any atom is -0.487 e. The largest absolute Gasteiger partial charge is 0.487 e. The van der Waals surface area contributed by atoms with Gasteiger partial charge in [0.25, 0.3) is 0 Å². The molecule has 2 radical (unpaired) electrons. The summed E-state index contributed by atoms with van der Waals surface area (Å²) in [5.74, 6) is -1.47. The summed E-state index contributed by atoms with van der Waals surface area (Å²) in [5, 5.41) is 7.98. The highest BCUT2D eigenvalue weighted by Gasteiger charge is 2.42. The number of amides is 1. The molecule has 9 heteroatoms. The van der Waals surface area contributed by atoms with Crippen LogP contribution < -0.4 is 4.74 Å². The van der Waals surface area contributed by atoms with Gasteiger partial charge in [-0.3, -0.25) is 4.79 Å². The van der Waals surface area contributed by atoms with E-state index >= 15 is 0 Å². The summed E-state index contributed by atoms with van der Waals surface area (Å²) < 4.78 is 43.0. The van der Waals surface area contributed by atoms with Crippen molar-refractivity contribution in [1.29, 1.82) is 0 Å². The Morgan fingerprint density at radius 3 is 2.46 bits per heavy atom. The number of carbonyl (C=O) groups is 1. The van der Waals surface area contributed by atoms with Crippen LogP contribution in [-0.2, 0) is 17.6 Å². The van der Waals surface area contributed by atoms with Gasteiger partial charge in [-0.05, 0) is 36.1 Å². The van der Waals surface area contributed by atoms with E-state index in [-0.39, 0.29) is 19.6 Å². The van der Waals surface area contributed by atoms with Crippen molar-refractivity contribution in [2.45, 2.75) is 19.0 Å². The van der Waals surface area contributed by atoms with Crippen molar-refractivity contribution in [2.24, 2.45) is 0 Å². The summed E-state index contributed by atoms with van der Waals surface area (Å²) in [4.78, 5) is 12.3. The number of ether oxygens (including phenoxy) is 1. The third kappa shape index (κ3) is 3.97. The van der Waals surface area contributed by atoms with Crippen LogP contribution in [0.3, 0.4) is 0 Å². The van der Waals surface area contributed by atoms with Gasteiger partial charge in [-0.25, -0.2) is 0 Å². The average molecular weight is 361 g/mol. The molecular formula is C17H15BF3N3O2. The molecule has 0 bridgehead atoms. The summed E-state index contributed by atoms with van der Waals surface area (Å²) >= 11 is 0. The Hall–Kier alpha value is -2.58. The lowest BCUT2D eigenvalue weighted by molar-refractivity contribution is -0.185. The highest BCUT2D eigenvalue weighted by atomic mass is 19.4. The summed E-state index contributed by atoms with van der Waals surface area (Å²) in [6.45, 7) is 0.0827. The SMILES string of the molecule is [B]COc1ccc(-c2ccc3c(c2)CCN(C(=O)C(F)(F)F)CC3)nn1. The van der Waals surface area contributed by atoms with E-state index in [1.165, 1.54) is 0 Å². The Labute approximate surface area is 149 Å². The van der Waals surface area contributed by atoms with E-state index < -0.39 is 12.1 Å². The minimum absolute atomic E-state index is 0.0000176. The predicted molar refractivity (Wildman–Crippen MR) is 88.8 cm³/mol. The molecule has 2 aromatic rings. The van der Waals surface area contributed by atoms with Gasteiger partial charge in [0.2, 0.25) is 5.88 Å². The van der Waals surface area contributed by atoms with Crippen molar-refractivity contribution < 1.29 is 22.7 Å². The number of alkyl halides is 3. The molecule has 0 atom stereocenters. The summed E-state index contributed by atoms with van der Waals surface area (Å²) in [6.07, 6.45) is -4.11. The second-order valence-electron chi connectivity index (χ2n) is 5.84. The zero-order valence-corrected chi connectivity index (χ0v) is 13.8. The average Bonchev–Trinajstić information content (AvgIpc) is 2.83. The Bertz CT molecular complexity index is 797. The molecule has 1 amide bonds. The Morgan fingerprint density at radius 1 is 1.12 bits per heavy atom. The smallest absolute Gasteiger partial charge is 0.471 e. The van der Waals surface area contributed by atoms with E-state index in [4.69, 9.17) is 12.6 Å². The molecule has 26 heavy (non-hydrogen) atoms. The van der Waals surface area contributed by atoms with Crippen LogP contribution in [0.15, 0.2) is 30.3 Å². The number of nitrogens with zero attached hydrogens (tertiary/aromatic N) is 3. The van der Waals surface area contributed by atoms with Crippen molar-refractivity contribution in [3.8, 4) is 17.1 Å². The predicted octanol–water partition coefficient (Wildman–Crippen LogP) is 2.14. The van der Waals surface area contributed by atoms with Crippen LogP contribution in [0.5, 0.6) is 5.88 Å². The zero-order valence-electron chi connectivity index (χ0n) is 13.8. The first-order valence-electron chi connectivity index (χ1n) is 8.03. The van der Waals surface area contributed by atoms with Crippen LogP contribution >= 0.6 is 0 Å². The Kier molecular flexibility index (Phi) is 5.15. The van der Waals surface area contributed by atoms with Crippen LogP contribution in [0.1, 0.15) is 11.1 Å². The quantitative estimate of drug-likeness (QED) is 0.787. The topological polar surface area (TPSA) is 55.3 Å². The van der Waals surface area contributed by atoms with Gasteiger partial charge in [0.15, 0.2) is 0 Å². The first kappa shape index (κ1) is 18.2. The molecule has 3 rings (SSSR count). The molecule has 134 valence electrons. The molecule has 0 fully saturated rings. The second kappa shape index (κ2) is 7.35. The highest BCUT2D eigenvalue weighted by Crippen LogP contribution is 2.26. The van der Waals surface area contributed by atoms with Crippen molar-refractivity contribution >= 4 is 13.8 Å². The molecule has 1 aromatic heterocycles. The van der Waals surface area contributed by atoms with Crippen molar-refractivity contribution in [3.05, 3.63) is 41.5 Å². The van der Waals surface area contributed by atoms with Gasteiger partial charge >= 0.3 is 12.1 Å². The van der Waals surface area contributed by atoms with Gasteiger partial charge in [-0.2, -0.15) is 13.2 Å².